The number of carbonyl (C=O) groups is 1. The lowest BCUT2D eigenvalue weighted by Gasteiger charge is -2.44. The van der Waals surface area contributed by atoms with Crippen molar-refractivity contribution < 1.29 is 18.0 Å². The second-order valence-electron chi connectivity index (χ2n) is 4.05. The van der Waals surface area contributed by atoms with Gasteiger partial charge in [-0.25, -0.2) is 0 Å². The molecule has 6 heteroatoms. The zero-order valence-corrected chi connectivity index (χ0v) is 8.18. The lowest BCUT2D eigenvalue weighted by atomic mass is 9.96. The van der Waals surface area contributed by atoms with Crippen molar-refractivity contribution in [1.29, 1.82) is 0 Å². The quantitative estimate of drug-likeness (QED) is 0.660. The van der Waals surface area contributed by atoms with Crippen LogP contribution in [0.1, 0.15) is 19.3 Å². The minimum atomic E-state index is -4.25. The fourth-order valence-corrected chi connectivity index (χ4v) is 2.34. The molecule has 1 amide bonds. The van der Waals surface area contributed by atoms with Gasteiger partial charge in [-0.1, -0.05) is 6.42 Å². The van der Waals surface area contributed by atoms with Gasteiger partial charge in [0.1, 0.15) is 6.04 Å². The largest absolute Gasteiger partial charge is 0.405 e. The van der Waals surface area contributed by atoms with Gasteiger partial charge < -0.3 is 5.32 Å². The maximum atomic E-state index is 12.6. The number of piperazine rings is 1. The van der Waals surface area contributed by atoms with Crippen molar-refractivity contribution >= 4 is 5.91 Å². The molecule has 15 heavy (non-hydrogen) atoms. The lowest BCUT2D eigenvalue weighted by Crippen LogP contribution is -2.65. The van der Waals surface area contributed by atoms with Gasteiger partial charge in [0.05, 0.1) is 6.04 Å². The van der Waals surface area contributed by atoms with Crippen LogP contribution in [0.15, 0.2) is 0 Å². The van der Waals surface area contributed by atoms with Crippen LogP contribution in [0.2, 0.25) is 0 Å². The predicted molar refractivity (Wildman–Crippen MR) is 47.2 cm³/mol. The predicted octanol–water partition coefficient (Wildman–Crippen LogP) is 0.902. The molecule has 2 fully saturated rings. The molecule has 2 saturated heterocycles. The Labute approximate surface area is 85.6 Å². The van der Waals surface area contributed by atoms with Gasteiger partial charge >= 0.3 is 6.18 Å². The highest BCUT2D eigenvalue weighted by molar-refractivity contribution is 5.82. The number of hydrogen-bond donors (Lipinski definition) is 1. The summed E-state index contributed by atoms with van der Waals surface area (Å²) in [7, 11) is 0. The summed E-state index contributed by atoms with van der Waals surface area (Å²) < 4.78 is 37.9. The third-order valence-electron chi connectivity index (χ3n) is 3.09. The second kappa shape index (κ2) is 3.66. The van der Waals surface area contributed by atoms with E-state index in [0.717, 1.165) is 12.8 Å². The Bertz CT molecular complexity index is 267. The average Bonchev–Trinajstić information content (AvgIpc) is 2.17. The summed E-state index contributed by atoms with van der Waals surface area (Å²) >= 11 is 0. The Morgan fingerprint density at radius 3 is 2.73 bits per heavy atom. The SMILES string of the molecule is O=C1NC[C@@H](C(F)(F)F)N2CCCC[C@H]12. The Hall–Kier alpha value is -0.780. The second-order valence-corrected chi connectivity index (χ2v) is 4.05. The Morgan fingerprint density at radius 1 is 1.33 bits per heavy atom. The number of alkyl halides is 3. The Morgan fingerprint density at radius 2 is 2.07 bits per heavy atom. The lowest BCUT2D eigenvalue weighted by molar-refractivity contribution is -0.199. The number of fused-ring (bicyclic) bond motifs is 1. The molecule has 3 nitrogen and oxygen atoms in total. The molecule has 86 valence electrons. The van der Waals surface area contributed by atoms with Crippen molar-refractivity contribution in [2.24, 2.45) is 0 Å². The molecule has 0 aromatic rings. The Balaban J connectivity index is 2.17. The van der Waals surface area contributed by atoms with E-state index in [4.69, 9.17) is 0 Å². The number of rotatable bonds is 0. The normalized spacial score (nSPS) is 33.4. The van der Waals surface area contributed by atoms with E-state index in [0.29, 0.717) is 13.0 Å². The molecule has 0 aromatic heterocycles. The molecule has 2 aliphatic heterocycles. The van der Waals surface area contributed by atoms with Crippen LogP contribution in [-0.4, -0.2) is 42.2 Å². The van der Waals surface area contributed by atoms with Crippen LogP contribution in [0.3, 0.4) is 0 Å². The van der Waals surface area contributed by atoms with Crippen LogP contribution in [0, 0.1) is 0 Å². The first-order chi connectivity index (χ1) is 7.00. The minimum Gasteiger partial charge on any atom is -0.353 e. The van der Waals surface area contributed by atoms with Crippen LogP contribution in [0.4, 0.5) is 13.2 Å². The first-order valence-electron chi connectivity index (χ1n) is 5.10. The van der Waals surface area contributed by atoms with Crippen molar-refractivity contribution in [2.75, 3.05) is 13.1 Å². The summed E-state index contributed by atoms with van der Waals surface area (Å²) in [6.07, 6.45) is -2.13. The molecule has 0 radical (unpaired) electrons. The molecule has 0 aliphatic carbocycles. The highest BCUT2D eigenvalue weighted by atomic mass is 19.4. The van der Waals surface area contributed by atoms with Gasteiger partial charge in [0.15, 0.2) is 0 Å². The van der Waals surface area contributed by atoms with Gasteiger partial charge in [-0.3, -0.25) is 9.69 Å². The van der Waals surface area contributed by atoms with E-state index >= 15 is 0 Å². The fourth-order valence-electron chi connectivity index (χ4n) is 2.34. The van der Waals surface area contributed by atoms with E-state index in [2.05, 4.69) is 5.32 Å². The van der Waals surface area contributed by atoms with E-state index in [1.54, 1.807) is 0 Å². The number of piperidine rings is 1. The molecule has 0 bridgehead atoms. The average molecular weight is 222 g/mol. The van der Waals surface area contributed by atoms with E-state index in [1.807, 2.05) is 0 Å². The molecule has 1 N–H and O–H groups in total. The molecular weight excluding hydrogens is 209 g/mol. The van der Waals surface area contributed by atoms with Gasteiger partial charge in [-0.15, -0.1) is 0 Å². The smallest absolute Gasteiger partial charge is 0.353 e. The fraction of sp³-hybridized carbons (Fsp3) is 0.889. The molecule has 2 rings (SSSR count). The van der Waals surface area contributed by atoms with Crippen molar-refractivity contribution in [3.63, 3.8) is 0 Å². The molecule has 2 heterocycles. The summed E-state index contributed by atoms with van der Waals surface area (Å²) in [5.41, 5.74) is 0. The molecule has 2 aliphatic rings. The first-order valence-corrected chi connectivity index (χ1v) is 5.10. The number of carbonyl (C=O) groups excluding carboxylic acids is 1. The zero-order chi connectivity index (χ0) is 11.1. The van der Waals surface area contributed by atoms with E-state index in [-0.39, 0.29) is 12.5 Å². The number of halogens is 3. The van der Waals surface area contributed by atoms with E-state index in [9.17, 15) is 18.0 Å². The van der Waals surface area contributed by atoms with Crippen LogP contribution in [-0.2, 0) is 4.79 Å². The highest BCUT2D eigenvalue weighted by Gasteiger charge is 2.50. The number of amides is 1. The molecule has 2 atom stereocenters. The van der Waals surface area contributed by atoms with Crippen molar-refractivity contribution in [3.8, 4) is 0 Å². The van der Waals surface area contributed by atoms with Gasteiger partial charge in [-0.05, 0) is 19.4 Å². The van der Waals surface area contributed by atoms with Crippen LogP contribution >= 0.6 is 0 Å². The molecule has 0 spiro atoms. The standard InChI is InChI=1S/C9H13F3N2O/c10-9(11,12)7-5-13-8(15)6-3-1-2-4-14(6)7/h6-7H,1-5H2,(H,13,15)/t6-,7+/m1/s1. The van der Waals surface area contributed by atoms with Crippen molar-refractivity contribution in [1.82, 2.24) is 10.2 Å². The number of nitrogens with zero attached hydrogens (tertiary/aromatic N) is 1. The van der Waals surface area contributed by atoms with Crippen LogP contribution in [0.5, 0.6) is 0 Å². The van der Waals surface area contributed by atoms with Crippen LogP contribution < -0.4 is 5.32 Å². The summed E-state index contributed by atoms with van der Waals surface area (Å²) in [4.78, 5) is 12.7. The van der Waals surface area contributed by atoms with Crippen LogP contribution in [0.25, 0.3) is 0 Å². The maximum absolute atomic E-state index is 12.6. The molecule has 0 aromatic carbocycles. The van der Waals surface area contributed by atoms with Gasteiger partial charge in [-0.2, -0.15) is 13.2 Å². The first kappa shape index (κ1) is 10.7. The van der Waals surface area contributed by atoms with E-state index < -0.39 is 18.3 Å². The van der Waals surface area contributed by atoms with Gasteiger partial charge in [0.25, 0.3) is 0 Å². The van der Waals surface area contributed by atoms with Gasteiger partial charge in [0.2, 0.25) is 5.91 Å². The summed E-state index contributed by atoms with van der Waals surface area (Å²) in [6, 6.07) is -2.07. The number of hydrogen-bond acceptors (Lipinski definition) is 2. The Kier molecular flexibility index (Phi) is 2.62. The minimum absolute atomic E-state index is 0.254. The maximum Gasteiger partial charge on any atom is 0.405 e. The third-order valence-corrected chi connectivity index (χ3v) is 3.09. The third kappa shape index (κ3) is 1.95. The zero-order valence-electron chi connectivity index (χ0n) is 8.18. The molecular formula is C9H13F3N2O. The molecule has 0 unspecified atom stereocenters. The summed E-state index contributed by atoms with van der Waals surface area (Å²) in [5.74, 6) is -0.254. The summed E-state index contributed by atoms with van der Waals surface area (Å²) in [6.45, 7) is 0.0705. The molecule has 0 saturated carbocycles. The highest BCUT2D eigenvalue weighted by Crippen LogP contribution is 2.31. The van der Waals surface area contributed by atoms with E-state index in [1.165, 1.54) is 4.90 Å². The monoisotopic (exact) mass is 222 g/mol. The summed E-state index contributed by atoms with van der Waals surface area (Å²) in [5, 5.41) is 2.34. The topological polar surface area (TPSA) is 32.3 Å². The van der Waals surface area contributed by atoms with Gasteiger partial charge in [0, 0.05) is 6.54 Å². The number of nitrogens with one attached hydrogen (secondary N) is 1. The van der Waals surface area contributed by atoms with Crippen molar-refractivity contribution in [3.05, 3.63) is 0 Å². The van der Waals surface area contributed by atoms with Crippen molar-refractivity contribution in [2.45, 2.75) is 37.5 Å².